The van der Waals surface area contributed by atoms with Gasteiger partial charge in [-0.1, -0.05) is 63.7 Å². The molecule has 0 unspecified atom stereocenters. The first-order chi connectivity index (χ1) is 8.41. The molecule has 0 saturated carbocycles. The Morgan fingerprint density at radius 1 is 0.706 bits per heavy atom. The molecule has 17 heavy (non-hydrogen) atoms. The van der Waals surface area contributed by atoms with E-state index in [1.54, 1.807) is 6.08 Å². The molecule has 0 bridgehead atoms. The highest BCUT2D eigenvalue weighted by Crippen LogP contribution is 2.08. The van der Waals surface area contributed by atoms with E-state index in [-0.39, 0.29) is 0 Å². The lowest BCUT2D eigenvalue weighted by Crippen LogP contribution is -1.78. The van der Waals surface area contributed by atoms with Gasteiger partial charge in [-0.25, -0.2) is 0 Å². The van der Waals surface area contributed by atoms with Crippen LogP contribution in [0.5, 0.6) is 0 Å². The Bertz CT molecular complexity index is 204. The lowest BCUT2D eigenvalue weighted by Gasteiger charge is -1.98. The molecule has 0 aromatic carbocycles. The van der Waals surface area contributed by atoms with Crippen LogP contribution in [0.1, 0.15) is 71.1 Å². The van der Waals surface area contributed by atoms with Crippen LogP contribution in [0.4, 0.5) is 0 Å². The van der Waals surface area contributed by atoms with E-state index in [2.05, 4.69) is 19.1 Å². The zero-order valence-corrected chi connectivity index (χ0v) is 11.4. The van der Waals surface area contributed by atoms with Crippen molar-refractivity contribution in [2.45, 2.75) is 71.1 Å². The van der Waals surface area contributed by atoms with Gasteiger partial charge < -0.3 is 0 Å². The lowest BCUT2D eigenvalue weighted by molar-refractivity contribution is -0.104. The summed E-state index contributed by atoms with van der Waals surface area (Å²) in [6.45, 7) is 2.26. The minimum Gasteiger partial charge on any atom is -0.299 e. The van der Waals surface area contributed by atoms with Crippen molar-refractivity contribution in [3.63, 3.8) is 0 Å². The van der Waals surface area contributed by atoms with Crippen LogP contribution in [0.2, 0.25) is 0 Å². The molecule has 1 heteroatoms. The van der Waals surface area contributed by atoms with Gasteiger partial charge in [-0.15, -0.1) is 0 Å². The van der Waals surface area contributed by atoms with Gasteiger partial charge in [0.25, 0.3) is 0 Å². The van der Waals surface area contributed by atoms with Gasteiger partial charge in [0.15, 0.2) is 0 Å². The fraction of sp³-hybridized carbons (Fsp3) is 0.688. The van der Waals surface area contributed by atoms with Crippen molar-refractivity contribution < 1.29 is 4.79 Å². The van der Waals surface area contributed by atoms with Crippen LogP contribution in [0.25, 0.3) is 0 Å². The molecule has 0 aromatic heterocycles. The van der Waals surface area contributed by atoms with Gasteiger partial charge >= 0.3 is 0 Å². The molecule has 1 nitrogen and oxygen atoms in total. The van der Waals surface area contributed by atoms with Crippen molar-refractivity contribution in [1.29, 1.82) is 0 Å². The van der Waals surface area contributed by atoms with Gasteiger partial charge in [0.05, 0.1) is 0 Å². The Hall–Kier alpha value is -0.850. The highest BCUT2D eigenvalue weighted by molar-refractivity contribution is 5.64. The highest BCUT2D eigenvalue weighted by Gasteiger charge is 1.89. The summed E-state index contributed by atoms with van der Waals surface area (Å²) < 4.78 is 0. The molecule has 0 saturated heterocycles. The molecule has 0 heterocycles. The predicted octanol–water partition coefficient (Wildman–Crippen LogP) is 5.22. The number of aldehydes is 1. The standard InChI is InChI=1S/C16H28O/c1-2-3-4-5-6-7-8-9-10-11-12-13-14-15-16-17/h10-11,14-16H,2-9,12-13H2,1H3/b11-10-,15-14+. The quantitative estimate of drug-likeness (QED) is 0.196. The van der Waals surface area contributed by atoms with Crippen molar-refractivity contribution in [3.05, 3.63) is 24.3 Å². The number of hydrogen-bond donors (Lipinski definition) is 0. The van der Waals surface area contributed by atoms with E-state index in [4.69, 9.17) is 0 Å². The summed E-state index contributed by atoms with van der Waals surface area (Å²) in [5, 5.41) is 0. The van der Waals surface area contributed by atoms with Crippen molar-refractivity contribution in [2.75, 3.05) is 0 Å². The molecular formula is C16H28O. The van der Waals surface area contributed by atoms with Gasteiger partial charge in [-0.2, -0.15) is 0 Å². The predicted molar refractivity (Wildman–Crippen MR) is 76.2 cm³/mol. The average molecular weight is 236 g/mol. The Morgan fingerprint density at radius 2 is 1.29 bits per heavy atom. The van der Waals surface area contributed by atoms with Crippen molar-refractivity contribution in [1.82, 2.24) is 0 Å². The van der Waals surface area contributed by atoms with Gasteiger partial charge in [0.2, 0.25) is 0 Å². The maximum Gasteiger partial charge on any atom is 0.142 e. The molecule has 0 amide bonds. The molecule has 0 aromatic rings. The number of carbonyl (C=O) groups excluding carboxylic acids is 1. The Balaban J connectivity index is 3.08. The summed E-state index contributed by atoms with van der Waals surface area (Å²) in [6.07, 6.45) is 21.7. The van der Waals surface area contributed by atoms with E-state index in [1.165, 1.54) is 51.4 Å². The Kier molecular flexibility index (Phi) is 14.4. The van der Waals surface area contributed by atoms with E-state index < -0.39 is 0 Å². The summed E-state index contributed by atoms with van der Waals surface area (Å²) in [5.74, 6) is 0. The minimum atomic E-state index is 0.836. The SMILES string of the molecule is CCCCCCCCC/C=C\CC/C=C/C=O. The number of hydrogen-bond acceptors (Lipinski definition) is 1. The summed E-state index contributed by atoms with van der Waals surface area (Å²) >= 11 is 0. The highest BCUT2D eigenvalue weighted by atomic mass is 16.1. The molecule has 0 rings (SSSR count). The second-order valence-electron chi connectivity index (χ2n) is 4.52. The summed E-state index contributed by atoms with van der Waals surface area (Å²) in [6, 6.07) is 0. The van der Waals surface area contributed by atoms with Gasteiger partial charge in [0.1, 0.15) is 6.29 Å². The van der Waals surface area contributed by atoms with Crippen LogP contribution in [0.3, 0.4) is 0 Å². The minimum absolute atomic E-state index is 0.836. The number of carbonyl (C=O) groups is 1. The fourth-order valence-corrected chi connectivity index (χ4v) is 1.80. The van der Waals surface area contributed by atoms with E-state index in [9.17, 15) is 4.79 Å². The molecule has 0 atom stereocenters. The maximum absolute atomic E-state index is 10.0. The number of rotatable bonds is 12. The fourth-order valence-electron chi connectivity index (χ4n) is 1.80. The first kappa shape index (κ1) is 16.1. The third kappa shape index (κ3) is 15.1. The monoisotopic (exact) mass is 236 g/mol. The lowest BCUT2D eigenvalue weighted by atomic mass is 10.1. The van der Waals surface area contributed by atoms with Gasteiger partial charge in [0, 0.05) is 0 Å². The van der Waals surface area contributed by atoms with Crippen LogP contribution in [-0.4, -0.2) is 6.29 Å². The van der Waals surface area contributed by atoms with Crippen LogP contribution in [0.15, 0.2) is 24.3 Å². The Morgan fingerprint density at radius 3 is 2.00 bits per heavy atom. The molecular weight excluding hydrogens is 208 g/mol. The molecule has 0 radical (unpaired) electrons. The second-order valence-corrected chi connectivity index (χ2v) is 4.52. The molecule has 0 aliphatic carbocycles. The number of allylic oxidation sites excluding steroid dienone is 4. The topological polar surface area (TPSA) is 17.1 Å². The van der Waals surface area contributed by atoms with Gasteiger partial charge in [-0.05, 0) is 31.8 Å². The average Bonchev–Trinajstić information content (AvgIpc) is 2.35. The maximum atomic E-state index is 10.0. The molecule has 0 fully saturated rings. The molecule has 0 spiro atoms. The molecule has 0 aliphatic rings. The third-order valence-corrected chi connectivity index (χ3v) is 2.86. The van der Waals surface area contributed by atoms with Crippen LogP contribution >= 0.6 is 0 Å². The van der Waals surface area contributed by atoms with Crippen molar-refractivity contribution >= 4 is 6.29 Å². The van der Waals surface area contributed by atoms with Crippen LogP contribution in [0, 0.1) is 0 Å². The summed E-state index contributed by atoms with van der Waals surface area (Å²) in [7, 11) is 0. The Labute approximate surface area is 107 Å². The van der Waals surface area contributed by atoms with Crippen LogP contribution < -0.4 is 0 Å². The molecule has 0 aliphatic heterocycles. The summed E-state index contributed by atoms with van der Waals surface area (Å²) in [4.78, 5) is 10.0. The van der Waals surface area contributed by atoms with E-state index in [0.717, 1.165) is 19.1 Å². The smallest absolute Gasteiger partial charge is 0.142 e. The van der Waals surface area contributed by atoms with Gasteiger partial charge in [-0.3, -0.25) is 4.79 Å². The molecule has 98 valence electrons. The normalized spacial score (nSPS) is 11.6. The first-order valence-corrected chi connectivity index (χ1v) is 7.17. The largest absolute Gasteiger partial charge is 0.299 e. The second kappa shape index (κ2) is 15.1. The zero-order chi connectivity index (χ0) is 12.6. The van der Waals surface area contributed by atoms with Crippen LogP contribution in [-0.2, 0) is 4.79 Å². The molecule has 0 N–H and O–H groups in total. The van der Waals surface area contributed by atoms with Crippen molar-refractivity contribution in [3.8, 4) is 0 Å². The first-order valence-electron chi connectivity index (χ1n) is 7.17. The van der Waals surface area contributed by atoms with E-state index in [0.29, 0.717) is 0 Å². The summed E-state index contributed by atoms with van der Waals surface area (Å²) in [5.41, 5.74) is 0. The third-order valence-electron chi connectivity index (χ3n) is 2.86. The van der Waals surface area contributed by atoms with E-state index >= 15 is 0 Å². The van der Waals surface area contributed by atoms with Crippen molar-refractivity contribution in [2.24, 2.45) is 0 Å². The number of unbranched alkanes of at least 4 members (excludes halogenated alkanes) is 8. The zero-order valence-electron chi connectivity index (χ0n) is 11.4. The van der Waals surface area contributed by atoms with E-state index in [1.807, 2.05) is 6.08 Å².